The van der Waals surface area contributed by atoms with Gasteiger partial charge in [0.05, 0.1) is 14.2 Å². The summed E-state index contributed by atoms with van der Waals surface area (Å²) in [6.07, 6.45) is 2.59. The van der Waals surface area contributed by atoms with Gasteiger partial charge in [-0.25, -0.2) is 9.98 Å². The zero-order chi connectivity index (χ0) is 19.8. The molecule has 0 saturated heterocycles. The Hall–Kier alpha value is -2.11. The Labute approximate surface area is 180 Å². The Morgan fingerprint density at radius 2 is 2.07 bits per heavy atom. The van der Waals surface area contributed by atoms with Crippen molar-refractivity contribution in [2.75, 3.05) is 27.8 Å². The van der Waals surface area contributed by atoms with Crippen molar-refractivity contribution >= 4 is 29.9 Å². The van der Waals surface area contributed by atoms with Gasteiger partial charge in [0.2, 0.25) is 0 Å². The van der Waals surface area contributed by atoms with Crippen LogP contribution < -0.4 is 14.8 Å². The van der Waals surface area contributed by atoms with Gasteiger partial charge in [-0.3, -0.25) is 4.57 Å². The maximum Gasteiger partial charge on any atom is 0.319 e. The van der Waals surface area contributed by atoms with E-state index in [0.717, 1.165) is 10.1 Å². The summed E-state index contributed by atoms with van der Waals surface area (Å²) in [5, 5.41) is 3.16. The van der Waals surface area contributed by atoms with Gasteiger partial charge < -0.3 is 19.7 Å². The molecule has 0 aliphatic carbocycles. The van der Waals surface area contributed by atoms with Gasteiger partial charge in [-0.2, -0.15) is 8.78 Å². The van der Waals surface area contributed by atoms with E-state index in [-0.39, 0.29) is 36.3 Å². The number of hydrogen-bond donors (Lipinski definition) is 1. The van der Waals surface area contributed by atoms with Crippen molar-refractivity contribution in [3.8, 4) is 11.5 Å². The van der Waals surface area contributed by atoms with E-state index in [4.69, 9.17) is 9.47 Å². The number of halogens is 3. The number of nitrogens with one attached hydrogen (secondary N) is 1. The minimum absolute atomic E-state index is 0. The van der Waals surface area contributed by atoms with E-state index < -0.39 is 6.55 Å². The maximum atomic E-state index is 12.9. The Balaban J connectivity index is 0.00000392. The van der Waals surface area contributed by atoms with Crippen LogP contribution in [0.2, 0.25) is 0 Å². The second-order valence-corrected chi connectivity index (χ2v) is 5.73. The van der Waals surface area contributed by atoms with E-state index in [1.807, 2.05) is 37.1 Å². The second kappa shape index (κ2) is 11.7. The number of hydrogen-bond acceptors (Lipinski definition) is 4. The molecule has 10 heteroatoms. The minimum Gasteiger partial charge on any atom is -0.497 e. The van der Waals surface area contributed by atoms with Crippen LogP contribution in [0.25, 0.3) is 0 Å². The first kappa shape index (κ1) is 23.9. The van der Waals surface area contributed by atoms with Crippen molar-refractivity contribution in [3.05, 3.63) is 42.0 Å². The van der Waals surface area contributed by atoms with Crippen LogP contribution in [-0.2, 0) is 13.1 Å². The first-order valence-corrected chi connectivity index (χ1v) is 8.50. The van der Waals surface area contributed by atoms with Crippen LogP contribution in [0.3, 0.4) is 0 Å². The molecule has 1 aromatic heterocycles. The molecule has 1 N–H and O–H groups in total. The highest BCUT2D eigenvalue weighted by Gasteiger charge is 2.14. The SMILES string of the molecule is CCNC(=NCc1nccn1C(F)F)N(C)Cc1ccc(OC)cc1OC.I. The van der Waals surface area contributed by atoms with Gasteiger partial charge in [0.15, 0.2) is 5.96 Å². The average Bonchev–Trinajstić information content (AvgIpc) is 3.14. The number of aliphatic imine (C=N–C) groups is 1. The van der Waals surface area contributed by atoms with E-state index >= 15 is 0 Å². The van der Waals surface area contributed by atoms with Gasteiger partial charge in [0, 0.05) is 44.2 Å². The Morgan fingerprint density at radius 3 is 2.68 bits per heavy atom. The number of nitrogens with zero attached hydrogens (tertiary/aromatic N) is 4. The van der Waals surface area contributed by atoms with Crippen LogP contribution >= 0.6 is 24.0 Å². The molecule has 0 aliphatic heterocycles. The third-order valence-electron chi connectivity index (χ3n) is 3.93. The molecule has 0 spiro atoms. The van der Waals surface area contributed by atoms with E-state index in [9.17, 15) is 8.78 Å². The highest BCUT2D eigenvalue weighted by molar-refractivity contribution is 14.0. The quantitative estimate of drug-likeness (QED) is 0.336. The highest BCUT2D eigenvalue weighted by atomic mass is 127. The molecular weight excluding hydrogens is 483 g/mol. The molecule has 28 heavy (non-hydrogen) atoms. The average molecular weight is 509 g/mol. The fourth-order valence-corrected chi connectivity index (χ4v) is 2.57. The molecule has 0 aliphatic rings. The summed E-state index contributed by atoms with van der Waals surface area (Å²) in [5.74, 6) is 2.19. The Kier molecular flexibility index (Phi) is 9.97. The van der Waals surface area contributed by atoms with E-state index in [2.05, 4.69) is 15.3 Å². The standard InChI is InChI=1S/C18H25F2N5O2.HI/c1-5-21-18(23-11-16-22-8-9-25(16)17(19)20)24(2)12-13-6-7-14(26-3)10-15(13)27-4;/h6-10,17H,5,11-12H2,1-4H3,(H,21,23);1H. The second-order valence-electron chi connectivity index (χ2n) is 5.73. The van der Waals surface area contributed by atoms with Crippen LogP contribution in [0.1, 0.15) is 24.9 Å². The number of alkyl halides is 2. The van der Waals surface area contributed by atoms with Crippen LogP contribution in [0.15, 0.2) is 35.6 Å². The summed E-state index contributed by atoms with van der Waals surface area (Å²) in [6.45, 7) is 0.511. The van der Waals surface area contributed by atoms with Gasteiger partial charge in [-0.1, -0.05) is 0 Å². The summed E-state index contributed by atoms with van der Waals surface area (Å²) in [5.41, 5.74) is 0.945. The summed E-state index contributed by atoms with van der Waals surface area (Å²) in [7, 11) is 5.06. The van der Waals surface area contributed by atoms with E-state index in [1.54, 1.807) is 14.2 Å². The summed E-state index contributed by atoms with van der Waals surface area (Å²) < 4.78 is 37.3. The Morgan fingerprint density at radius 1 is 1.32 bits per heavy atom. The van der Waals surface area contributed by atoms with Crippen molar-refractivity contribution in [3.63, 3.8) is 0 Å². The molecule has 0 radical (unpaired) electrons. The lowest BCUT2D eigenvalue weighted by Gasteiger charge is -2.23. The Bertz CT molecular complexity index is 770. The lowest BCUT2D eigenvalue weighted by atomic mass is 10.2. The predicted molar refractivity (Wildman–Crippen MR) is 115 cm³/mol. The molecule has 2 aromatic rings. The molecule has 0 saturated carbocycles. The first-order valence-electron chi connectivity index (χ1n) is 8.50. The van der Waals surface area contributed by atoms with Crippen molar-refractivity contribution in [2.24, 2.45) is 4.99 Å². The third-order valence-corrected chi connectivity index (χ3v) is 3.93. The van der Waals surface area contributed by atoms with Crippen molar-refractivity contribution in [1.29, 1.82) is 0 Å². The summed E-state index contributed by atoms with van der Waals surface area (Å²) in [4.78, 5) is 10.3. The van der Waals surface area contributed by atoms with Crippen LogP contribution in [-0.4, -0.2) is 48.2 Å². The first-order chi connectivity index (χ1) is 13.0. The molecular formula is C18H26F2IN5O2. The summed E-state index contributed by atoms with van der Waals surface area (Å²) >= 11 is 0. The van der Waals surface area contributed by atoms with Gasteiger partial charge in [0.25, 0.3) is 0 Å². The molecule has 1 heterocycles. The van der Waals surface area contributed by atoms with Crippen molar-refractivity contribution in [1.82, 2.24) is 19.8 Å². The molecule has 0 bridgehead atoms. The van der Waals surface area contributed by atoms with Gasteiger partial charge in [-0.15, -0.1) is 24.0 Å². The number of guanidine groups is 1. The number of benzene rings is 1. The molecule has 0 fully saturated rings. The largest absolute Gasteiger partial charge is 0.497 e. The fourth-order valence-electron chi connectivity index (χ4n) is 2.57. The zero-order valence-corrected chi connectivity index (χ0v) is 18.7. The third kappa shape index (κ3) is 6.21. The van der Waals surface area contributed by atoms with Gasteiger partial charge in [-0.05, 0) is 19.1 Å². The molecule has 1 aromatic carbocycles. The predicted octanol–water partition coefficient (Wildman–Crippen LogP) is 3.51. The molecule has 7 nitrogen and oxygen atoms in total. The lowest BCUT2D eigenvalue weighted by Crippen LogP contribution is -2.38. The minimum atomic E-state index is -2.64. The zero-order valence-electron chi connectivity index (χ0n) is 16.4. The molecule has 2 rings (SSSR count). The molecule has 0 unspecified atom stereocenters. The van der Waals surface area contributed by atoms with Crippen LogP contribution in [0.4, 0.5) is 8.78 Å². The number of aromatic nitrogens is 2. The van der Waals surface area contributed by atoms with E-state index in [0.29, 0.717) is 30.5 Å². The number of rotatable bonds is 8. The molecule has 156 valence electrons. The molecule has 0 amide bonds. The van der Waals surface area contributed by atoms with Crippen molar-refractivity contribution < 1.29 is 18.3 Å². The highest BCUT2D eigenvalue weighted by Crippen LogP contribution is 2.25. The van der Waals surface area contributed by atoms with Crippen molar-refractivity contribution in [2.45, 2.75) is 26.6 Å². The lowest BCUT2D eigenvalue weighted by molar-refractivity contribution is 0.0671. The van der Waals surface area contributed by atoms with Crippen LogP contribution in [0.5, 0.6) is 11.5 Å². The molecule has 0 atom stereocenters. The topological polar surface area (TPSA) is 63.9 Å². The monoisotopic (exact) mass is 509 g/mol. The number of ether oxygens (including phenoxy) is 2. The normalized spacial score (nSPS) is 11.2. The maximum absolute atomic E-state index is 12.9. The smallest absolute Gasteiger partial charge is 0.319 e. The summed E-state index contributed by atoms with van der Waals surface area (Å²) in [6, 6.07) is 5.59. The van der Waals surface area contributed by atoms with Crippen LogP contribution in [0, 0.1) is 0 Å². The fraction of sp³-hybridized carbons (Fsp3) is 0.444. The number of methoxy groups -OCH3 is 2. The van der Waals surface area contributed by atoms with Gasteiger partial charge in [0.1, 0.15) is 23.9 Å². The van der Waals surface area contributed by atoms with Gasteiger partial charge >= 0.3 is 6.55 Å². The van der Waals surface area contributed by atoms with E-state index in [1.165, 1.54) is 12.4 Å². The number of imidazole rings is 1.